The average Bonchev–Trinajstić information content (AvgIpc) is 2.72. The van der Waals surface area contributed by atoms with Gasteiger partial charge in [-0.2, -0.15) is 0 Å². The first-order valence-corrected chi connectivity index (χ1v) is 10.4. The van der Waals surface area contributed by atoms with Crippen LogP contribution in [0, 0.1) is 5.92 Å². The highest BCUT2D eigenvalue weighted by Crippen LogP contribution is 2.18. The first kappa shape index (κ1) is 21.9. The number of piperidine rings is 1. The monoisotopic (exact) mass is 387 g/mol. The number of hydrogen-bond acceptors (Lipinski definition) is 3. The summed E-state index contributed by atoms with van der Waals surface area (Å²) in [4.78, 5) is 38.3. The van der Waals surface area contributed by atoms with E-state index in [0.29, 0.717) is 45.3 Å². The second-order valence-corrected chi connectivity index (χ2v) is 7.56. The molecule has 0 spiro atoms. The van der Waals surface area contributed by atoms with Gasteiger partial charge in [-0.1, -0.05) is 37.3 Å². The van der Waals surface area contributed by atoms with Crippen molar-refractivity contribution in [3.8, 4) is 0 Å². The fourth-order valence-corrected chi connectivity index (χ4v) is 3.34. The van der Waals surface area contributed by atoms with E-state index in [1.807, 2.05) is 49.1 Å². The summed E-state index contributed by atoms with van der Waals surface area (Å²) in [6.45, 7) is 5.59. The Balaban J connectivity index is 1.63. The maximum atomic E-state index is 12.4. The third-order valence-corrected chi connectivity index (χ3v) is 5.36. The van der Waals surface area contributed by atoms with Crippen molar-refractivity contribution in [1.82, 2.24) is 15.5 Å². The van der Waals surface area contributed by atoms with E-state index in [0.717, 1.165) is 12.8 Å². The predicted octanol–water partition coefficient (Wildman–Crippen LogP) is 2.28. The van der Waals surface area contributed by atoms with Gasteiger partial charge < -0.3 is 15.5 Å². The Kier molecular flexibility index (Phi) is 8.98. The van der Waals surface area contributed by atoms with Gasteiger partial charge in [-0.05, 0) is 38.2 Å². The molecule has 0 radical (unpaired) electrons. The molecule has 0 saturated carbocycles. The van der Waals surface area contributed by atoms with Crippen LogP contribution in [0.3, 0.4) is 0 Å². The molecular formula is C22H33N3O3. The normalized spacial score (nSPS) is 15.7. The molecule has 6 heteroatoms. The van der Waals surface area contributed by atoms with E-state index in [-0.39, 0.29) is 29.7 Å². The maximum absolute atomic E-state index is 12.4. The number of benzene rings is 1. The number of rotatable bonds is 9. The molecule has 1 aliphatic heterocycles. The maximum Gasteiger partial charge on any atom is 0.223 e. The van der Waals surface area contributed by atoms with Gasteiger partial charge in [0.15, 0.2) is 0 Å². The number of nitrogens with one attached hydrogen (secondary N) is 2. The van der Waals surface area contributed by atoms with Crippen LogP contribution >= 0.6 is 0 Å². The molecule has 1 saturated heterocycles. The third kappa shape index (κ3) is 7.33. The van der Waals surface area contributed by atoms with Crippen molar-refractivity contribution in [2.24, 2.45) is 5.92 Å². The summed E-state index contributed by atoms with van der Waals surface area (Å²) in [6.07, 6.45) is 3.81. The molecule has 1 aromatic carbocycles. The SMILES string of the molecule is CCC(C)NC(=O)CCNC(=O)C1CCN(C(=O)CCc2ccccc2)CC1. The summed E-state index contributed by atoms with van der Waals surface area (Å²) in [7, 11) is 0. The Hall–Kier alpha value is -2.37. The number of hydrogen-bond donors (Lipinski definition) is 2. The fourth-order valence-electron chi connectivity index (χ4n) is 3.34. The van der Waals surface area contributed by atoms with Crippen LogP contribution in [-0.2, 0) is 20.8 Å². The number of carbonyl (C=O) groups excluding carboxylic acids is 3. The minimum atomic E-state index is -0.0733. The lowest BCUT2D eigenvalue weighted by molar-refractivity contribution is -0.135. The molecule has 1 aliphatic rings. The second kappa shape index (κ2) is 11.5. The lowest BCUT2D eigenvalue weighted by Gasteiger charge is -2.31. The molecule has 2 rings (SSSR count). The number of likely N-dealkylation sites (tertiary alicyclic amines) is 1. The molecule has 0 aliphatic carbocycles. The van der Waals surface area contributed by atoms with Gasteiger partial charge >= 0.3 is 0 Å². The highest BCUT2D eigenvalue weighted by molar-refractivity contribution is 5.81. The van der Waals surface area contributed by atoms with E-state index in [1.165, 1.54) is 5.56 Å². The van der Waals surface area contributed by atoms with Crippen LogP contribution < -0.4 is 10.6 Å². The van der Waals surface area contributed by atoms with Crippen LogP contribution in [0.15, 0.2) is 30.3 Å². The van der Waals surface area contributed by atoms with Gasteiger partial charge in [0.05, 0.1) is 0 Å². The summed E-state index contributed by atoms with van der Waals surface area (Å²) < 4.78 is 0. The van der Waals surface area contributed by atoms with Crippen molar-refractivity contribution in [2.75, 3.05) is 19.6 Å². The Morgan fingerprint density at radius 1 is 1.11 bits per heavy atom. The van der Waals surface area contributed by atoms with E-state index in [4.69, 9.17) is 0 Å². The van der Waals surface area contributed by atoms with E-state index in [2.05, 4.69) is 10.6 Å². The standard InChI is InChI=1S/C22H33N3O3/c1-3-17(2)24-20(26)11-14-23-22(28)19-12-15-25(16-13-19)21(27)10-9-18-7-5-4-6-8-18/h4-8,17,19H,3,9-16H2,1-2H3,(H,23,28)(H,24,26). The van der Waals surface area contributed by atoms with Crippen molar-refractivity contribution in [3.05, 3.63) is 35.9 Å². The molecule has 1 unspecified atom stereocenters. The summed E-state index contributed by atoms with van der Waals surface area (Å²) in [6, 6.07) is 10.2. The number of nitrogens with zero attached hydrogens (tertiary/aromatic N) is 1. The van der Waals surface area contributed by atoms with Gasteiger partial charge in [0.2, 0.25) is 17.7 Å². The highest BCUT2D eigenvalue weighted by atomic mass is 16.2. The highest BCUT2D eigenvalue weighted by Gasteiger charge is 2.27. The summed E-state index contributed by atoms with van der Waals surface area (Å²) in [5.41, 5.74) is 1.17. The Morgan fingerprint density at radius 3 is 2.43 bits per heavy atom. The molecule has 6 nitrogen and oxygen atoms in total. The van der Waals surface area contributed by atoms with Crippen molar-refractivity contribution in [2.45, 2.75) is 58.4 Å². The zero-order valence-corrected chi connectivity index (χ0v) is 17.1. The van der Waals surface area contributed by atoms with Gasteiger partial charge in [0, 0.05) is 44.4 Å². The minimum Gasteiger partial charge on any atom is -0.355 e. The molecule has 0 aromatic heterocycles. The predicted molar refractivity (Wildman–Crippen MR) is 110 cm³/mol. The molecule has 154 valence electrons. The zero-order chi connectivity index (χ0) is 20.4. The van der Waals surface area contributed by atoms with Crippen molar-refractivity contribution in [3.63, 3.8) is 0 Å². The largest absolute Gasteiger partial charge is 0.355 e. The Bertz CT molecular complexity index is 640. The first-order chi connectivity index (χ1) is 13.5. The zero-order valence-electron chi connectivity index (χ0n) is 17.1. The van der Waals surface area contributed by atoms with Crippen LogP contribution in [0.5, 0.6) is 0 Å². The molecule has 1 heterocycles. The molecule has 1 aromatic rings. The van der Waals surface area contributed by atoms with Gasteiger partial charge in [0.1, 0.15) is 0 Å². The molecule has 28 heavy (non-hydrogen) atoms. The molecule has 1 atom stereocenters. The molecule has 1 fully saturated rings. The van der Waals surface area contributed by atoms with Crippen LogP contribution in [0.1, 0.15) is 51.5 Å². The topological polar surface area (TPSA) is 78.5 Å². The number of aryl methyl sites for hydroxylation is 1. The fraction of sp³-hybridized carbons (Fsp3) is 0.591. The smallest absolute Gasteiger partial charge is 0.223 e. The molecule has 2 N–H and O–H groups in total. The second-order valence-electron chi connectivity index (χ2n) is 7.56. The van der Waals surface area contributed by atoms with Crippen molar-refractivity contribution < 1.29 is 14.4 Å². The van der Waals surface area contributed by atoms with E-state index in [1.54, 1.807) is 0 Å². The van der Waals surface area contributed by atoms with Gasteiger partial charge in [-0.3, -0.25) is 14.4 Å². The van der Waals surface area contributed by atoms with Gasteiger partial charge in [-0.25, -0.2) is 0 Å². The molecule has 3 amide bonds. The number of amides is 3. The summed E-state index contributed by atoms with van der Waals surface area (Å²) in [5, 5.41) is 5.75. The van der Waals surface area contributed by atoms with Crippen LogP contribution in [0.25, 0.3) is 0 Å². The third-order valence-electron chi connectivity index (χ3n) is 5.36. The first-order valence-electron chi connectivity index (χ1n) is 10.4. The van der Waals surface area contributed by atoms with Crippen molar-refractivity contribution >= 4 is 17.7 Å². The molecule has 0 bridgehead atoms. The quantitative estimate of drug-likeness (QED) is 0.682. The van der Waals surface area contributed by atoms with Crippen LogP contribution in [0.4, 0.5) is 0 Å². The van der Waals surface area contributed by atoms with Crippen LogP contribution in [0.2, 0.25) is 0 Å². The lowest BCUT2D eigenvalue weighted by Crippen LogP contribution is -2.43. The average molecular weight is 388 g/mol. The molecular weight excluding hydrogens is 354 g/mol. The van der Waals surface area contributed by atoms with Gasteiger partial charge in [0.25, 0.3) is 0 Å². The van der Waals surface area contributed by atoms with Crippen LogP contribution in [-0.4, -0.2) is 48.3 Å². The number of carbonyl (C=O) groups is 3. The summed E-state index contributed by atoms with van der Waals surface area (Å²) in [5.74, 6) is 0.0430. The Morgan fingerprint density at radius 2 is 1.79 bits per heavy atom. The summed E-state index contributed by atoms with van der Waals surface area (Å²) >= 11 is 0. The van der Waals surface area contributed by atoms with E-state index >= 15 is 0 Å². The minimum absolute atomic E-state index is 0.00674. The van der Waals surface area contributed by atoms with Crippen molar-refractivity contribution in [1.29, 1.82) is 0 Å². The van der Waals surface area contributed by atoms with E-state index in [9.17, 15) is 14.4 Å². The van der Waals surface area contributed by atoms with E-state index < -0.39 is 0 Å². The van der Waals surface area contributed by atoms with Gasteiger partial charge in [-0.15, -0.1) is 0 Å². The lowest BCUT2D eigenvalue weighted by atomic mass is 9.95. The Labute approximate surface area is 168 Å².